The molecule has 15 heteroatoms. The van der Waals surface area contributed by atoms with Crippen molar-refractivity contribution >= 4 is 18.0 Å². The van der Waals surface area contributed by atoms with Gasteiger partial charge in [-0.3, -0.25) is 9.59 Å². The molecule has 15 nitrogen and oxygen atoms in total. The molecule has 0 aromatic rings. The Morgan fingerprint density at radius 1 is 0.889 bits per heavy atom. The maximum atomic E-state index is 13.6. The normalized spacial score (nSPS) is 43.6. The number of aldehydes is 1. The van der Waals surface area contributed by atoms with Crippen LogP contribution in [0, 0.1) is 23.7 Å². The van der Waals surface area contributed by atoms with Crippen molar-refractivity contribution in [3.05, 3.63) is 23.8 Å². The first-order valence-corrected chi connectivity index (χ1v) is 19.0. The summed E-state index contributed by atoms with van der Waals surface area (Å²) >= 11 is 0. The lowest BCUT2D eigenvalue weighted by molar-refractivity contribution is -0.304. The summed E-state index contributed by atoms with van der Waals surface area (Å²) in [7, 11) is 6.36. The van der Waals surface area contributed by atoms with Gasteiger partial charge in [0.15, 0.2) is 18.4 Å². The van der Waals surface area contributed by atoms with E-state index < -0.39 is 116 Å². The number of aliphatic hydroxyl groups excluding tert-OH is 4. The van der Waals surface area contributed by atoms with E-state index in [1.54, 1.807) is 52.8 Å². The van der Waals surface area contributed by atoms with Crippen LogP contribution in [0.5, 0.6) is 0 Å². The van der Waals surface area contributed by atoms with Crippen molar-refractivity contribution in [2.45, 2.75) is 147 Å². The number of hydrogen-bond acceptors (Lipinski definition) is 15. The second-order valence-electron chi connectivity index (χ2n) is 15.4. The summed E-state index contributed by atoms with van der Waals surface area (Å²) in [6, 6.07) is -0.740. The molecule has 310 valence electrons. The first-order chi connectivity index (χ1) is 25.5. The summed E-state index contributed by atoms with van der Waals surface area (Å²) < 4.78 is 41.6. The molecule has 17 atom stereocenters. The van der Waals surface area contributed by atoms with Crippen molar-refractivity contribution < 1.29 is 68.0 Å². The molecule has 2 saturated heterocycles. The highest BCUT2D eigenvalue weighted by Gasteiger charge is 2.48. The van der Waals surface area contributed by atoms with Gasteiger partial charge in [-0.1, -0.05) is 38.5 Å². The zero-order valence-electron chi connectivity index (χ0n) is 33.5. The molecule has 54 heavy (non-hydrogen) atoms. The molecular formula is C39H65NO14. The molecule has 3 heterocycles. The zero-order chi connectivity index (χ0) is 40.4. The van der Waals surface area contributed by atoms with Gasteiger partial charge in [-0.2, -0.15) is 0 Å². The van der Waals surface area contributed by atoms with Crippen molar-refractivity contribution in [1.82, 2.24) is 4.90 Å². The van der Waals surface area contributed by atoms with Crippen molar-refractivity contribution in [2.24, 2.45) is 23.7 Å². The quantitative estimate of drug-likeness (QED) is 0.174. The highest BCUT2D eigenvalue weighted by Crippen LogP contribution is 2.35. The Bertz CT molecular complexity index is 1260. The summed E-state index contributed by atoms with van der Waals surface area (Å²) in [4.78, 5) is 40.8. The average Bonchev–Trinajstić information content (AvgIpc) is 3.12. The van der Waals surface area contributed by atoms with Gasteiger partial charge in [0.25, 0.3) is 0 Å². The zero-order valence-corrected chi connectivity index (χ0v) is 33.5. The molecule has 0 aromatic carbocycles. The van der Waals surface area contributed by atoms with E-state index in [-0.39, 0.29) is 25.2 Å². The molecule has 0 aromatic heterocycles. The number of ether oxygens (including phenoxy) is 7. The van der Waals surface area contributed by atoms with Crippen LogP contribution in [0.4, 0.5) is 0 Å². The number of hydrogen-bond donors (Lipinski definition) is 4. The summed E-state index contributed by atoms with van der Waals surface area (Å²) in [6.45, 7) is 10.5. The largest absolute Gasteiger partial charge is 0.462 e. The first kappa shape index (κ1) is 46.2. The highest BCUT2D eigenvalue weighted by molar-refractivity contribution is 5.91. The van der Waals surface area contributed by atoms with Crippen molar-refractivity contribution in [3.8, 4) is 0 Å². The van der Waals surface area contributed by atoms with Gasteiger partial charge < -0.3 is 63.3 Å². The molecule has 2 fully saturated rings. The summed E-state index contributed by atoms with van der Waals surface area (Å²) in [6.07, 6.45) is -5.36. The van der Waals surface area contributed by atoms with Gasteiger partial charge in [-0.05, 0) is 59.7 Å². The number of methoxy groups -OCH3 is 2. The number of allylic oxidation sites excluding steroid dienone is 3. The van der Waals surface area contributed by atoms with Crippen LogP contribution in [0.2, 0.25) is 0 Å². The molecule has 0 bridgehead atoms. The monoisotopic (exact) mass is 771 g/mol. The number of aliphatic hydroxyl groups is 4. The third-order valence-electron chi connectivity index (χ3n) is 11.1. The van der Waals surface area contributed by atoms with Crippen LogP contribution in [-0.2, 0) is 47.5 Å². The third-order valence-corrected chi connectivity index (χ3v) is 11.1. The second-order valence-corrected chi connectivity index (χ2v) is 15.4. The molecule has 3 rings (SSSR count). The lowest BCUT2D eigenvalue weighted by atomic mass is 9.79. The number of cyclic esters (lactones) is 1. The van der Waals surface area contributed by atoms with Gasteiger partial charge in [0.2, 0.25) is 0 Å². The number of nitrogens with zero attached hydrogens (tertiary/aromatic N) is 1. The maximum absolute atomic E-state index is 13.6. The first-order valence-electron chi connectivity index (χ1n) is 19.0. The summed E-state index contributed by atoms with van der Waals surface area (Å²) in [5.41, 5.74) is 0.701. The second kappa shape index (κ2) is 21.4. The van der Waals surface area contributed by atoms with Crippen molar-refractivity contribution in [1.29, 1.82) is 0 Å². The fourth-order valence-electron chi connectivity index (χ4n) is 7.76. The number of carbonyl (C=O) groups is 3. The van der Waals surface area contributed by atoms with Crippen LogP contribution in [0.3, 0.4) is 0 Å². The van der Waals surface area contributed by atoms with E-state index >= 15 is 0 Å². The number of rotatable bonds is 11. The van der Waals surface area contributed by atoms with Gasteiger partial charge in [0, 0.05) is 38.4 Å². The topological polar surface area (TPSA) is 200 Å². The minimum Gasteiger partial charge on any atom is -0.462 e. The number of ketones is 1. The fraction of sp³-hybridized carbons (Fsp3) is 0.821. The Morgan fingerprint density at radius 3 is 2.11 bits per heavy atom. The van der Waals surface area contributed by atoms with E-state index in [1.165, 1.54) is 20.3 Å². The number of esters is 1. The standard InChI is InChI=1S/C39H65NO14/c1-11-29-26(19-50-39-37(49-10)36(48-9)33(46)24(6)52-39)16-20(2)12-13-27(42)21(3)17-25(14-15-41)35(22(4)28(43)18-30(44)53-29)54-38-34(47)31(40(7)8)32(45)23(5)51-38/h12-13,15-16,21-26,28-29,31-39,43,45-47H,11,14,17-19H2,1-10H3/b13-12+,20-16+/t21-,22+,23-,24-,25?,26-,28-,29-,31+,32-,33-,34-,35-,36-,37-,38+,39-/m1/s1. The molecule has 0 aliphatic carbocycles. The van der Waals surface area contributed by atoms with Crippen LogP contribution in [-0.4, -0.2) is 158 Å². The summed E-state index contributed by atoms with van der Waals surface area (Å²) in [5, 5.41) is 44.2. The van der Waals surface area contributed by atoms with Crippen molar-refractivity contribution in [3.63, 3.8) is 0 Å². The van der Waals surface area contributed by atoms with E-state index in [9.17, 15) is 34.8 Å². The molecule has 4 N–H and O–H groups in total. The van der Waals surface area contributed by atoms with Gasteiger partial charge in [-0.25, -0.2) is 0 Å². The van der Waals surface area contributed by atoms with Crippen LogP contribution in [0.25, 0.3) is 0 Å². The molecule has 0 amide bonds. The van der Waals surface area contributed by atoms with Crippen LogP contribution < -0.4 is 0 Å². The predicted octanol–water partition coefficient (Wildman–Crippen LogP) is 1.56. The number of carbonyl (C=O) groups excluding carboxylic acids is 3. The average molecular weight is 772 g/mol. The molecule has 0 saturated carbocycles. The Balaban J connectivity index is 1.96. The Labute approximate surface area is 319 Å². The lowest BCUT2D eigenvalue weighted by Gasteiger charge is -2.46. The smallest absolute Gasteiger partial charge is 0.308 e. The molecule has 0 radical (unpaired) electrons. The van der Waals surface area contributed by atoms with Crippen LogP contribution in [0.1, 0.15) is 67.2 Å². The maximum Gasteiger partial charge on any atom is 0.308 e. The van der Waals surface area contributed by atoms with Gasteiger partial charge in [-0.15, -0.1) is 0 Å². The molecular weight excluding hydrogens is 706 g/mol. The SMILES string of the molecule is CC[C@H]1OC(=O)C[C@@H](O)[C@H](C)[C@@H](O[C@@H]2O[C@H](C)[C@@H](O)[C@H](N(C)C)[C@H]2O)C(CC=O)C[C@@H](C)C(=O)/C=C/C(C)=C/[C@@H]1CO[C@@H]1O[C@H](C)[C@@H](O)[C@@H](OC)[C@H]1OC. The molecule has 3 aliphatic heterocycles. The fourth-order valence-corrected chi connectivity index (χ4v) is 7.76. The van der Waals surface area contributed by atoms with E-state index in [0.717, 1.165) is 6.29 Å². The lowest BCUT2D eigenvalue weighted by Crippen LogP contribution is -2.63. The number of likely N-dealkylation sites (N-methyl/N-ethyl adjacent to an activating group) is 1. The van der Waals surface area contributed by atoms with Crippen LogP contribution in [0.15, 0.2) is 23.8 Å². The Hall–Kier alpha value is -2.15. The van der Waals surface area contributed by atoms with E-state index in [4.69, 9.17) is 33.2 Å². The molecule has 1 unspecified atom stereocenters. The summed E-state index contributed by atoms with van der Waals surface area (Å²) in [5.74, 6) is -3.37. The van der Waals surface area contributed by atoms with Crippen LogP contribution >= 0.6 is 0 Å². The van der Waals surface area contributed by atoms with Gasteiger partial charge >= 0.3 is 5.97 Å². The predicted molar refractivity (Wildman–Crippen MR) is 196 cm³/mol. The van der Waals surface area contributed by atoms with Gasteiger partial charge in [0.1, 0.15) is 36.8 Å². The highest BCUT2D eigenvalue weighted by atomic mass is 16.7. The van der Waals surface area contributed by atoms with E-state index in [2.05, 4.69) is 0 Å². The Morgan fingerprint density at radius 2 is 1.52 bits per heavy atom. The van der Waals surface area contributed by atoms with Crippen molar-refractivity contribution in [2.75, 3.05) is 34.9 Å². The third kappa shape index (κ3) is 11.7. The van der Waals surface area contributed by atoms with E-state index in [0.29, 0.717) is 12.0 Å². The molecule has 0 spiro atoms. The molecule has 3 aliphatic rings. The van der Waals surface area contributed by atoms with E-state index in [1.807, 2.05) is 19.9 Å². The van der Waals surface area contributed by atoms with Gasteiger partial charge in [0.05, 0.1) is 49.6 Å². The Kier molecular flexibility index (Phi) is 18.3. The minimum atomic E-state index is -1.31. The minimum absolute atomic E-state index is 0.0120.